The third-order valence-corrected chi connectivity index (χ3v) is 4.84. The zero-order valence-corrected chi connectivity index (χ0v) is 11.6. The van der Waals surface area contributed by atoms with E-state index >= 15 is 0 Å². The van der Waals surface area contributed by atoms with Crippen LogP contribution in [0.2, 0.25) is 0 Å². The Morgan fingerprint density at radius 2 is 1.89 bits per heavy atom. The van der Waals surface area contributed by atoms with Gasteiger partial charge in [0.25, 0.3) is 0 Å². The molecule has 3 saturated heterocycles. The normalized spacial score (nSPS) is 34.1. The van der Waals surface area contributed by atoms with Crippen LogP contribution in [0.4, 0.5) is 0 Å². The fraction of sp³-hybridized carbons (Fsp3) is 0.929. The smallest absolute Gasteiger partial charge is 0.228 e. The number of rotatable bonds is 2. The van der Waals surface area contributed by atoms with Crippen LogP contribution in [0.1, 0.15) is 25.7 Å². The van der Waals surface area contributed by atoms with Gasteiger partial charge in [0.1, 0.15) is 0 Å². The topological polar surface area (TPSA) is 58.8 Å². The monoisotopic (exact) mass is 267 g/mol. The van der Waals surface area contributed by atoms with Crippen molar-refractivity contribution in [2.24, 2.45) is 11.7 Å². The average molecular weight is 267 g/mol. The van der Waals surface area contributed by atoms with Crippen molar-refractivity contribution >= 4 is 5.91 Å². The van der Waals surface area contributed by atoms with E-state index in [9.17, 15) is 4.79 Å². The Morgan fingerprint density at radius 3 is 2.58 bits per heavy atom. The number of carbonyl (C=O) groups excluding carboxylic acids is 1. The van der Waals surface area contributed by atoms with Crippen molar-refractivity contribution in [2.45, 2.75) is 37.8 Å². The molecule has 19 heavy (non-hydrogen) atoms. The van der Waals surface area contributed by atoms with E-state index in [0.717, 1.165) is 58.5 Å². The van der Waals surface area contributed by atoms with Crippen molar-refractivity contribution in [1.82, 2.24) is 9.80 Å². The van der Waals surface area contributed by atoms with E-state index in [0.29, 0.717) is 24.6 Å². The number of likely N-dealkylation sites (tertiary alicyclic amines) is 2. The van der Waals surface area contributed by atoms with Crippen molar-refractivity contribution in [3.8, 4) is 0 Å². The molecule has 0 bridgehead atoms. The summed E-state index contributed by atoms with van der Waals surface area (Å²) in [5.74, 6) is 0.433. The van der Waals surface area contributed by atoms with Crippen LogP contribution >= 0.6 is 0 Å². The second-order valence-corrected chi connectivity index (χ2v) is 6.16. The summed E-state index contributed by atoms with van der Waals surface area (Å²) in [5, 5.41) is 0. The number of piperidine rings is 1. The van der Waals surface area contributed by atoms with Crippen molar-refractivity contribution in [2.75, 3.05) is 39.4 Å². The Balaban J connectivity index is 1.50. The van der Waals surface area contributed by atoms with Gasteiger partial charge in [-0.25, -0.2) is 0 Å². The number of hydrogen-bond acceptors (Lipinski definition) is 4. The summed E-state index contributed by atoms with van der Waals surface area (Å²) in [7, 11) is 0. The number of hydrogen-bond donors (Lipinski definition) is 1. The van der Waals surface area contributed by atoms with Gasteiger partial charge in [-0.05, 0) is 38.8 Å². The third kappa shape index (κ3) is 2.93. The number of amides is 1. The summed E-state index contributed by atoms with van der Waals surface area (Å²) >= 11 is 0. The molecular formula is C14H25N3O2. The highest BCUT2D eigenvalue weighted by atomic mass is 16.5. The highest BCUT2D eigenvalue weighted by Gasteiger charge is 2.35. The van der Waals surface area contributed by atoms with Crippen LogP contribution in [0.3, 0.4) is 0 Å². The zero-order valence-electron chi connectivity index (χ0n) is 11.6. The third-order valence-electron chi connectivity index (χ3n) is 4.84. The zero-order chi connectivity index (χ0) is 13.2. The standard InChI is InChI=1S/C14H25N3O2/c15-12-1-5-16(6-2-12)13-3-7-17(9-13)14(18)11-4-8-19-10-11/h11-13H,1-10,15H2. The molecular weight excluding hydrogens is 242 g/mol. The molecule has 108 valence electrons. The quantitative estimate of drug-likeness (QED) is 0.768. The lowest BCUT2D eigenvalue weighted by molar-refractivity contribution is -0.134. The minimum Gasteiger partial charge on any atom is -0.381 e. The first-order chi connectivity index (χ1) is 9.24. The molecule has 5 heteroatoms. The molecule has 3 heterocycles. The Kier molecular flexibility index (Phi) is 4.05. The molecule has 1 amide bonds. The minimum atomic E-state index is 0.119. The van der Waals surface area contributed by atoms with E-state index in [-0.39, 0.29) is 5.92 Å². The molecule has 0 spiro atoms. The Bertz CT molecular complexity index is 323. The van der Waals surface area contributed by atoms with E-state index in [2.05, 4.69) is 9.80 Å². The van der Waals surface area contributed by atoms with Gasteiger partial charge in [-0.2, -0.15) is 0 Å². The number of nitrogens with two attached hydrogens (primary N) is 1. The van der Waals surface area contributed by atoms with Crippen molar-refractivity contribution in [3.63, 3.8) is 0 Å². The molecule has 0 aliphatic carbocycles. The van der Waals surface area contributed by atoms with Gasteiger partial charge in [0.2, 0.25) is 5.91 Å². The van der Waals surface area contributed by atoms with E-state index in [1.165, 1.54) is 0 Å². The van der Waals surface area contributed by atoms with Crippen LogP contribution in [0.25, 0.3) is 0 Å². The minimum absolute atomic E-state index is 0.119. The van der Waals surface area contributed by atoms with Gasteiger partial charge in [0, 0.05) is 31.8 Å². The van der Waals surface area contributed by atoms with Crippen molar-refractivity contribution in [3.05, 3.63) is 0 Å². The van der Waals surface area contributed by atoms with Gasteiger partial charge in [0.15, 0.2) is 0 Å². The van der Waals surface area contributed by atoms with Gasteiger partial charge in [-0.1, -0.05) is 0 Å². The summed E-state index contributed by atoms with van der Waals surface area (Å²) in [6, 6.07) is 0.935. The number of nitrogens with zero attached hydrogens (tertiary/aromatic N) is 2. The molecule has 2 N–H and O–H groups in total. The maximum atomic E-state index is 12.3. The Hall–Kier alpha value is -0.650. The van der Waals surface area contributed by atoms with E-state index in [1.54, 1.807) is 0 Å². The lowest BCUT2D eigenvalue weighted by Gasteiger charge is -2.34. The molecule has 0 aromatic carbocycles. The second-order valence-electron chi connectivity index (χ2n) is 6.16. The van der Waals surface area contributed by atoms with Crippen LogP contribution in [0.15, 0.2) is 0 Å². The first-order valence-electron chi connectivity index (χ1n) is 7.60. The van der Waals surface area contributed by atoms with Gasteiger partial charge in [0.05, 0.1) is 12.5 Å². The summed E-state index contributed by atoms with van der Waals surface area (Å²) < 4.78 is 5.32. The fourth-order valence-electron chi connectivity index (χ4n) is 3.51. The molecule has 5 nitrogen and oxygen atoms in total. The molecule has 0 saturated carbocycles. The average Bonchev–Trinajstić information content (AvgIpc) is 3.10. The van der Waals surface area contributed by atoms with Crippen molar-refractivity contribution in [1.29, 1.82) is 0 Å². The largest absolute Gasteiger partial charge is 0.381 e. The summed E-state index contributed by atoms with van der Waals surface area (Å²) in [4.78, 5) is 16.9. The first kappa shape index (κ1) is 13.3. The lowest BCUT2D eigenvalue weighted by atomic mass is 10.0. The molecule has 3 rings (SSSR count). The van der Waals surface area contributed by atoms with Crippen LogP contribution in [0, 0.1) is 5.92 Å². The molecule has 2 atom stereocenters. The summed E-state index contributed by atoms with van der Waals surface area (Å²) in [6.07, 6.45) is 4.22. The van der Waals surface area contributed by atoms with Gasteiger partial charge in [-0.3, -0.25) is 9.69 Å². The second kappa shape index (κ2) is 5.77. The van der Waals surface area contributed by atoms with Crippen LogP contribution in [-0.2, 0) is 9.53 Å². The number of ether oxygens (including phenoxy) is 1. The molecule has 3 fully saturated rings. The maximum absolute atomic E-state index is 12.3. The molecule has 3 aliphatic rings. The van der Waals surface area contributed by atoms with E-state index in [4.69, 9.17) is 10.5 Å². The molecule has 0 aromatic heterocycles. The van der Waals surface area contributed by atoms with E-state index in [1.807, 2.05) is 0 Å². The highest BCUT2D eigenvalue weighted by molar-refractivity contribution is 5.79. The van der Waals surface area contributed by atoms with Gasteiger partial charge < -0.3 is 15.4 Å². The van der Waals surface area contributed by atoms with Crippen LogP contribution < -0.4 is 5.73 Å². The highest BCUT2D eigenvalue weighted by Crippen LogP contribution is 2.23. The predicted octanol–water partition coefficient (Wildman–Crippen LogP) is 0.0469. The summed E-state index contributed by atoms with van der Waals surface area (Å²) in [5.41, 5.74) is 5.95. The van der Waals surface area contributed by atoms with Crippen LogP contribution in [0.5, 0.6) is 0 Å². The molecule has 3 aliphatic heterocycles. The molecule has 0 aromatic rings. The SMILES string of the molecule is NC1CCN(C2CCN(C(=O)C3CCOC3)C2)CC1. The van der Waals surface area contributed by atoms with Crippen LogP contribution in [-0.4, -0.2) is 67.2 Å². The van der Waals surface area contributed by atoms with Crippen molar-refractivity contribution < 1.29 is 9.53 Å². The predicted molar refractivity (Wildman–Crippen MR) is 72.7 cm³/mol. The van der Waals surface area contributed by atoms with Gasteiger partial charge >= 0.3 is 0 Å². The van der Waals surface area contributed by atoms with E-state index < -0.39 is 0 Å². The van der Waals surface area contributed by atoms with Gasteiger partial charge in [-0.15, -0.1) is 0 Å². The summed E-state index contributed by atoms with van der Waals surface area (Å²) in [6.45, 7) is 5.39. The Morgan fingerprint density at radius 1 is 1.11 bits per heavy atom. The Labute approximate surface area is 115 Å². The first-order valence-corrected chi connectivity index (χ1v) is 7.60. The number of carbonyl (C=O) groups is 1. The maximum Gasteiger partial charge on any atom is 0.228 e. The fourth-order valence-corrected chi connectivity index (χ4v) is 3.51. The molecule has 2 unspecified atom stereocenters. The lowest BCUT2D eigenvalue weighted by Crippen LogP contribution is -2.46. The molecule has 0 radical (unpaired) electrons.